The fourth-order valence-electron chi connectivity index (χ4n) is 6.97. The SMILES string of the molecule is C=CC(=O)N1CC[C@@H](Oc2nc(OC[C@@]34CCCN3C[C@H](F)C4)nc3c(F)c(-c4ccc(F)c5sc(N)nc45)ccc23)[C@H]1C. The number of benzene rings is 2. The summed E-state index contributed by atoms with van der Waals surface area (Å²) >= 11 is 0.988. The molecule has 1 amide bonds. The van der Waals surface area contributed by atoms with E-state index in [4.69, 9.17) is 15.2 Å². The third-order valence-corrected chi connectivity index (χ3v) is 10.1. The summed E-state index contributed by atoms with van der Waals surface area (Å²) in [5.74, 6) is -1.28. The molecule has 2 aromatic heterocycles. The lowest BCUT2D eigenvalue weighted by Gasteiger charge is -2.30. The lowest BCUT2D eigenvalue weighted by molar-refractivity contribution is -0.127. The van der Waals surface area contributed by atoms with Gasteiger partial charge in [0.15, 0.2) is 10.9 Å². The number of nitrogen functional groups attached to an aromatic ring is 1. The Kier molecular flexibility index (Phi) is 7.12. The number of hydrogen-bond acceptors (Lipinski definition) is 9. The van der Waals surface area contributed by atoms with Crippen LogP contribution in [-0.2, 0) is 4.79 Å². The number of likely N-dealkylation sites (tertiary alicyclic amines) is 1. The fourth-order valence-corrected chi connectivity index (χ4v) is 7.74. The highest BCUT2D eigenvalue weighted by Crippen LogP contribution is 2.42. The van der Waals surface area contributed by atoms with Gasteiger partial charge in [-0.15, -0.1) is 0 Å². The number of carbonyl (C=O) groups excluding carboxylic acids is 1. The molecule has 2 aromatic carbocycles. The van der Waals surface area contributed by atoms with Gasteiger partial charge in [-0.3, -0.25) is 9.69 Å². The molecule has 5 heterocycles. The van der Waals surface area contributed by atoms with Crippen LogP contribution in [0.1, 0.15) is 32.6 Å². The summed E-state index contributed by atoms with van der Waals surface area (Å²) in [7, 11) is 0. The second-order valence-corrected chi connectivity index (χ2v) is 12.8. The molecule has 4 aromatic rings. The minimum atomic E-state index is -0.937. The van der Waals surface area contributed by atoms with Crippen LogP contribution >= 0.6 is 11.3 Å². The number of nitrogens with two attached hydrogens (primary N) is 1. The van der Waals surface area contributed by atoms with Crippen LogP contribution in [0.3, 0.4) is 0 Å². The molecule has 2 N–H and O–H groups in total. The Bertz CT molecular complexity index is 1800. The van der Waals surface area contributed by atoms with Crippen molar-refractivity contribution in [3.63, 3.8) is 0 Å². The summed E-state index contributed by atoms with van der Waals surface area (Å²) in [6, 6.07) is 5.53. The zero-order valence-corrected chi connectivity index (χ0v) is 24.9. The molecule has 0 saturated carbocycles. The topological polar surface area (TPSA) is 107 Å². The van der Waals surface area contributed by atoms with E-state index >= 15 is 4.39 Å². The molecule has 3 fully saturated rings. The number of fused-ring (bicyclic) bond motifs is 3. The second-order valence-electron chi connectivity index (χ2n) is 11.7. The van der Waals surface area contributed by atoms with Gasteiger partial charge >= 0.3 is 6.01 Å². The Balaban J connectivity index is 1.30. The third-order valence-electron chi connectivity index (χ3n) is 9.19. The number of carbonyl (C=O) groups is 1. The standard InChI is InChI=1S/C31H31F3N6O3S/c1-3-23(41)40-12-9-22(16(40)2)43-28-20-6-5-18(19-7-8-21(33)27-26(19)36-29(35)44-27)24(34)25(20)37-30(38-28)42-15-31-10-4-11-39(31)14-17(32)13-31/h3,5-8,16-17,22H,1,4,9-15H2,2H3,(H2,35,36)/t16-,17-,22-,31+/m1/s1. The summed E-state index contributed by atoms with van der Waals surface area (Å²) in [6.07, 6.45) is 2.52. The van der Waals surface area contributed by atoms with Crippen LogP contribution in [-0.4, -0.2) is 80.8 Å². The number of nitrogens with zero attached hydrogens (tertiary/aromatic N) is 5. The van der Waals surface area contributed by atoms with Crippen molar-refractivity contribution in [2.24, 2.45) is 0 Å². The average Bonchev–Trinajstić information content (AvgIpc) is 3.75. The Labute approximate surface area is 255 Å². The molecule has 3 aliphatic heterocycles. The largest absolute Gasteiger partial charge is 0.471 e. The van der Waals surface area contributed by atoms with E-state index in [-0.39, 0.29) is 56.9 Å². The van der Waals surface area contributed by atoms with Crippen molar-refractivity contribution in [3.8, 4) is 23.0 Å². The summed E-state index contributed by atoms with van der Waals surface area (Å²) in [6.45, 7) is 7.23. The maximum absolute atomic E-state index is 16.5. The van der Waals surface area contributed by atoms with Crippen molar-refractivity contribution >= 4 is 43.5 Å². The molecule has 0 spiro atoms. The van der Waals surface area contributed by atoms with Crippen molar-refractivity contribution in [3.05, 3.63) is 48.6 Å². The molecule has 4 atom stereocenters. The van der Waals surface area contributed by atoms with Gasteiger partial charge in [-0.1, -0.05) is 24.0 Å². The van der Waals surface area contributed by atoms with E-state index in [2.05, 4.69) is 26.4 Å². The molecule has 0 bridgehead atoms. The number of halogens is 3. The number of rotatable bonds is 7. The van der Waals surface area contributed by atoms with E-state index < -0.39 is 29.4 Å². The van der Waals surface area contributed by atoms with Gasteiger partial charge in [0.05, 0.1) is 27.2 Å². The van der Waals surface area contributed by atoms with Gasteiger partial charge in [0.2, 0.25) is 11.8 Å². The van der Waals surface area contributed by atoms with Crippen LogP contribution in [0.15, 0.2) is 36.9 Å². The maximum atomic E-state index is 16.5. The lowest BCUT2D eigenvalue weighted by Crippen LogP contribution is -2.43. The van der Waals surface area contributed by atoms with Crippen molar-refractivity contribution in [1.29, 1.82) is 0 Å². The molecule has 0 unspecified atom stereocenters. The molecule has 3 saturated heterocycles. The molecule has 7 rings (SSSR count). The molecule has 0 aliphatic carbocycles. The molecule has 44 heavy (non-hydrogen) atoms. The van der Waals surface area contributed by atoms with Gasteiger partial charge in [0, 0.05) is 37.1 Å². The number of alkyl halides is 1. The Morgan fingerprint density at radius 2 is 2.00 bits per heavy atom. The monoisotopic (exact) mass is 624 g/mol. The van der Waals surface area contributed by atoms with Gasteiger partial charge in [0.1, 0.15) is 30.2 Å². The molecular weight excluding hydrogens is 593 g/mol. The number of amides is 1. The minimum absolute atomic E-state index is 0.0524. The van der Waals surface area contributed by atoms with Gasteiger partial charge in [-0.05, 0) is 50.6 Å². The van der Waals surface area contributed by atoms with Crippen molar-refractivity contribution in [2.75, 3.05) is 32.0 Å². The van der Waals surface area contributed by atoms with E-state index in [1.807, 2.05) is 6.92 Å². The highest BCUT2D eigenvalue weighted by atomic mass is 32.1. The normalized spacial score (nSPS) is 25.2. The quantitative estimate of drug-likeness (QED) is 0.277. The van der Waals surface area contributed by atoms with Crippen LogP contribution in [0.2, 0.25) is 0 Å². The van der Waals surface area contributed by atoms with Crippen molar-refractivity contribution < 1.29 is 27.4 Å². The van der Waals surface area contributed by atoms with E-state index in [0.29, 0.717) is 36.9 Å². The smallest absolute Gasteiger partial charge is 0.320 e. The first-order valence-electron chi connectivity index (χ1n) is 14.6. The third kappa shape index (κ3) is 4.73. The highest BCUT2D eigenvalue weighted by molar-refractivity contribution is 7.22. The zero-order chi connectivity index (χ0) is 30.7. The maximum Gasteiger partial charge on any atom is 0.320 e. The number of ether oxygens (including phenoxy) is 2. The van der Waals surface area contributed by atoms with Crippen LogP contribution in [0.25, 0.3) is 32.2 Å². The van der Waals surface area contributed by atoms with Crippen LogP contribution < -0.4 is 15.2 Å². The Morgan fingerprint density at radius 3 is 2.82 bits per heavy atom. The summed E-state index contributed by atoms with van der Waals surface area (Å²) in [4.78, 5) is 29.4. The van der Waals surface area contributed by atoms with E-state index in [0.717, 1.165) is 30.7 Å². The van der Waals surface area contributed by atoms with Gasteiger partial charge < -0.3 is 20.1 Å². The van der Waals surface area contributed by atoms with E-state index in [9.17, 15) is 13.6 Å². The Morgan fingerprint density at radius 1 is 1.18 bits per heavy atom. The molecule has 3 aliphatic rings. The van der Waals surface area contributed by atoms with E-state index in [1.165, 1.54) is 18.2 Å². The predicted octanol–water partition coefficient (Wildman–Crippen LogP) is 5.28. The average molecular weight is 625 g/mol. The first-order valence-corrected chi connectivity index (χ1v) is 15.5. The summed E-state index contributed by atoms with van der Waals surface area (Å²) in [5, 5.41) is 0.472. The fraction of sp³-hybridized carbons (Fsp3) is 0.419. The number of anilines is 1. The molecular formula is C31H31F3N6O3S. The summed E-state index contributed by atoms with van der Waals surface area (Å²) < 4.78 is 58.1. The van der Waals surface area contributed by atoms with Crippen molar-refractivity contribution in [2.45, 2.75) is 56.5 Å². The zero-order valence-electron chi connectivity index (χ0n) is 24.1. The molecule has 13 heteroatoms. The van der Waals surface area contributed by atoms with Gasteiger partial charge in [0.25, 0.3) is 0 Å². The molecule has 9 nitrogen and oxygen atoms in total. The minimum Gasteiger partial charge on any atom is -0.471 e. The number of aromatic nitrogens is 3. The number of hydrogen-bond donors (Lipinski definition) is 1. The number of thiazole rings is 1. The van der Waals surface area contributed by atoms with Crippen LogP contribution in [0.5, 0.6) is 11.9 Å². The van der Waals surface area contributed by atoms with Crippen LogP contribution in [0, 0.1) is 11.6 Å². The molecule has 230 valence electrons. The highest BCUT2D eigenvalue weighted by Gasteiger charge is 2.49. The second kappa shape index (κ2) is 10.9. The summed E-state index contributed by atoms with van der Waals surface area (Å²) in [5.41, 5.74) is 6.12. The molecule has 0 radical (unpaired) electrons. The van der Waals surface area contributed by atoms with Gasteiger partial charge in [-0.25, -0.2) is 18.2 Å². The first kappa shape index (κ1) is 28.8. The predicted molar refractivity (Wildman–Crippen MR) is 161 cm³/mol. The Hall–Kier alpha value is -3.97. The van der Waals surface area contributed by atoms with Crippen molar-refractivity contribution in [1.82, 2.24) is 24.8 Å². The lowest BCUT2D eigenvalue weighted by atomic mass is 9.95. The first-order chi connectivity index (χ1) is 21.2. The van der Waals surface area contributed by atoms with Crippen LogP contribution in [0.4, 0.5) is 18.3 Å². The van der Waals surface area contributed by atoms with E-state index in [1.54, 1.807) is 17.0 Å². The van der Waals surface area contributed by atoms with Gasteiger partial charge in [-0.2, -0.15) is 9.97 Å².